The molecule has 0 aromatic heterocycles. The summed E-state index contributed by atoms with van der Waals surface area (Å²) in [7, 11) is -3.36. The van der Waals surface area contributed by atoms with E-state index in [-0.39, 0.29) is 17.6 Å². The highest BCUT2D eigenvalue weighted by molar-refractivity contribution is 9.10. The van der Waals surface area contributed by atoms with Crippen LogP contribution in [0.4, 0.5) is 0 Å². The fourth-order valence-electron chi connectivity index (χ4n) is 3.35. The Kier molecular flexibility index (Phi) is 6.14. The molecule has 25 heavy (non-hydrogen) atoms. The van der Waals surface area contributed by atoms with E-state index in [0.717, 1.165) is 10.0 Å². The van der Waals surface area contributed by atoms with Crippen molar-refractivity contribution in [1.29, 1.82) is 0 Å². The van der Waals surface area contributed by atoms with Gasteiger partial charge in [-0.3, -0.25) is 4.79 Å². The number of piperidine rings is 1. The van der Waals surface area contributed by atoms with Gasteiger partial charge in [0.15, 0.2) is 0 Å². The molecule has 6 nitrogen and oxygen atoms in total. The summed E-state index contributed by atoms with van der Waals surface area (Å²) in [5, 5.41) is 0. The Balaban J connectivity index is 1.56. The number of rotatable bonds is 4. The summed E-state index contributed by atoms with van der Waals surface area (Å²) >= 11 is 3.37. The van der Waals surface area contributed by atoms with Crippen molar-refractivity contribution in [3.05, 3.63) is 34.3 Å². The summed E-state index contributed by atoms with van der Waals surface area (Å²) < 4.78 is 33.0. The first-order chi connectivity index (χ1) is 12.0. The van der Waals surface area contributed by atoms with Gasteiger partial charge in [0, 0.05) is 36.6 Å². The lowest BCUT2D eigenvalue weighted by atomic mass is 9.96. The zero-order valence-electron chi connectivity index (χ0n) is 14.1. The van der Waals surface area contributed by atoms with Crippen molar-refractivity contribution < 1.29 is 17.9 Å². The number of sulfonamides is 1. The molecule has 0 bridgehead atoms. The molecule has 0 N–H and O–H groups in total. The number of carbonyl (C=O) groups is 1. The van der Waals surface area contributed by atoms with Crippen molar-refractivity contribution >= 4 is 31.9 Å². The van der Waals surface area contributed by atoms with Crippen molar-refractivity contribution in [2.24, 2.45) is 5.92 Å². The van der Waals surface area contributed by atoms with E-state index >= 15 is 0 Å². The molecule has 1 amide bonds. The van der Waals surface area contributed by atoms with Gasteiger partial charge in [0.25, 0.3) is 0 Å². The lowest BCUT2D eigenvalue weighted by molar-refractivity contribution is -0.140. The number of benzene rings is 1. The average Bonchev–Trinajstić information content (AvgIpc) is 2.61. The zero-order chi connectivity index (χ0) is 17.9. The van der Waals surface area contributed by atoms with Crippen molar-refractivity contribution in [2.75, 3.05) is 39.4 Å². The third kappa shape index (κ3) is 4.81. The molecule has 1 aromatic rings. The van der Waals surface area contributed by atoms with Gasteiger partial charge in [-0.15, -0.1) is 0 Å². The summed E-state index contributed by atoms with van der Waals surface area (Å²) in [5.41, 5.74) is 0.765. The Bertz CT molecular complexity index is 711. The summed E-state index contributed by atoms with van der Waals surface area (Å²) in [5.74, 6) is 0.0666. The molecule has 3 rings (SSSR count). The smallest absolute Gasteiger partial charge is 0.225 e. The average molecular weight is 431 g/mol. The molecule has 2 heterocycles. The van der Waals surface area contributed by atoms with Gasteiger partial charge in [0.1, 0.15) is 0 Å². The second kappa shape index (κ2) is 8.16. The van der Waals surface area contributed by atoms with E-state index in [4.69, 9.17) is 4.74 Å². The summed E-state index contributed by atoms with van der Waals surface area (Å²) in [4.78, 5) is 14.4. The Morgan fingerprint density at radius 1 is 1.16 bits per heavy atom. The van der Waals surface area contributed by atoms with Gasteiger partial charge in [-0.1, -0.05) is 28.1 Å². The van der Waals surface area contributed by atoms with E-state index in [2.05, 4.69) is 15.9 Å². The van der Waals surface area contributed by atoms with Gasteiger partial charge < -0.3 is 9.64 Å². The normalized spacial score (nSPS) is 20.6. The topological polar surface area (TPSA) is 66.9 Å². The molecule has 0 unspecified atom stereocenters. The first-order valence-corrected chi connectivity index (χ1v) is 10.9. The van der Waals surface area contributed by atoms with Crippen LogP contribution in [0.1, 0.15) is 18.4 Å². The van der Waals surface area contributed by atoms with Crippen LogP contribution in [-0.4, -0.2) is 62.9 Å². The molecule has 1 aromatic carbocycles. The summed E-state index contributed by atoms with van der Waals surface area (Å²) in [6.45, 7) is 3.28. The van der Waals surface area contributed by atoms with Crippen molar-refractivity contribution in [1.82, 2.24) is 9.21 Å². The third-order valence-electron chi connectivity index (χ3n) is 4.76. The Hall–Kier alpha value is -0.960. The van der Waals surface area contributed by atoms with Gasteiger partial charge in [-0.25, -0.2) is 12.7 Å². The third-order valence-corrected chi connectivity index (χ3v) is 7.10. The zero-order valence-corrected chi connectivity index (χ0v) is 16.5. The molecular weight excluding hydrogens is 408 g/mol. The maximum absolute atomic E-state index is 12.6. The fraction of sp³-hybridized carbons (Fsp3) is 0.588. The van der Waals surface area contributed by atoms with Crippen LogP contribution in [0.3, 0.4) is 0 Å². The molecule has 0 atom stereocenters. The van der Waals surface area contributed by atoms with Crippen LogP contribution in [-0.2, 0) is 25.3 Å². The van der Waals surface area contributed by atoms with Crippen molar-refractivity contribution in [2.45, 2.75) is 18.6 Å². The molecule has 2 saturated heterocycles. The number of amides is 1. The lowest BCUT2D eigenvalue weighted by Crippen LogP contribution is -2.47. The Morgan fingerprint density at radius 3 is 2.48 bits per heavy atom. The molecule has 0 aliphatic carbocycles. The molecular formula is C17H23BrN2O4S. The Morgan fingerprint density at radius 2 is 1.84 bits per heavy atom. The monoisotopic (exact) mass is 430 g/mol. The maximum Gasteiger partial charge on any atom is 0.225 e. The van der Waals surface area contributed by atoms with E-state index in [9.17, 15) is 13.2 Å². The SMILES string of the molecule is O=C(C1CCN(S(=O)(=O)Cc2cccc(Br)c2)CC1)N1CCOCC1. The highest BCUT2D eigenvalue weighted by Crippen LogP contribution is 2.24. The number of morpholine rings is 1. The van der Waals surface area contributed by atoms with Crippen LogP contribution in [0.5, 0.6) is 0 Å². The highest BCUT2D eigenvalue weighted by atomic mass is 79.9. The number of carbonyl (C=O) groups excluding carboxylic acids is 1. The van der Waals surface area contributed by atoms with Gasteiger partial charge in [0.2, 0.25) is 15.9 Å². The molecule has 0 saturated carbocycles. The predicted octanol–water partition coefficient (Wildman–Crippen LogP) is 1.85. The first kappa shape index (κ1) is 18.8. The number of ether oxygens (including phenoxy) is 1. The van der Waals surface area contributed by atoms with Crippen LogP contribution in [0.2, 0.25) is 0 Å². The standard InChI is InChI=1S/C17H23BrN2O4S/c18-16-3-1-2-14(12-16)13-25(22,23)20-6-4-15(5-7-20)17(21)19-8-10-24-11-9-19/h1-3,12,15H,4-11,13H2. The first-order valence-electron chi connectivity index (χ1n) is 8.54. The second-order valence-electron chi connectivity index (χ2n) is 6.50. The van der Waals surface area contributed by atoms with Crippen LogP contribution in [0.25, 0.3) is 0 Å². The molecule has 0 radical (unpaired) electrons. The van der Waals surface area contributed by atoms with Gasteiger partial charge in [-0.2, -0.15) is 0 Å². The minimum Gasteiger partial charge on any atom is -0.378 e. The van der Waals surface area contributed by atoms with E-state index < -0.39 is 10.0 Å². The van der Waals surface area contributed by atoms with E-state index in [1.54, 1.807) is 0 Å². The number of nitrogens with zero attached hydrogens (tertiary/aromatic N) is 2. The Labute approximate surface area is 157 Å². The molecule has 2 fully saturated rings. The number of halogens is 1. The minimum absolute atomic E-state index is 0.00544. The summed E-state index contributed by atoms with van der Waals surface area (Å²) in [6.07, 6.45) is 1.18. The van der Waals surface area contributed by atoms with Crippen LogP contribution in [0.15, 0.2) is 28.7 Å². The van der Waals surface area contributed by atoms with Crippen LogP contribution < -0.4 is 0 Å². The largest absolute Gasteiger partial charge is 0.378 e. The predicted molar refractivity (Wildman–Crippen MR) is 98.5 cm³/mol. The van der Waals surface area contributed by atoms with Gasteiger partial charge in [-0.05, 0) is 30.5 Å². The van der Waals surface area contributed by atoms with Gasteiger partial charge in [0.05, 0.1) is 19.0 Å². The van der Waals surface area contributed by atoms with E-state index in [0.29, 0.717) is 52.2 Å². The van der Waals surface area contributed by atoms with Gasteiger partial charge >= 0.3 is 0 Å². The second-order valence-corrected chi connectivity index (χ2v) is 9.38. The number of hydrogen-bond acceptors (Lipinski definition) is 4. The molecule has 138 valence electrons. The van der Waals surface area contributed by atoms with E-state index in [1.807, 2.05) is 29.2 Å². The highest BCUT2D eigenvalue weighted by Gasteiger charge is 2.33. The quantitative estimate of drug-likeness (QED) is 0.730. The van der Waals surface area contributed by atoms with Crippen molar-refractivity contribution in [3.8, 4) is 0 Å². The van der Waals surface area contributed by atoms with Crippen LogP contribution in [0, 0.1) is 5.92 Å². The van der Waals surface area contributed by atoms with E-state index in [1.165, 1.54) is 4.31 Å². The van der Waals surface area contributed by atoms with Crippen LogP contribution >= 0.6 is 15.9 Å². The summed E-state index contributed by atoms with van der Waals surface area (Å²) in [6, 6.07) is 7.35. The fourth-order valence-corrected chi connectivity index (χ4v) is 5.35. The molecule has 2 aliphatic heterocycles. The van der Waals surface area contributed by atoms with Crippen molar-refractivity contribution in [3.63, 3.8) is 0 Å². The molecule has 2 aliphatic rings. The maximum atomic E-state index is 12.6. The molecule has 8 heteroatoms. The molecule has 0 spiro atoms. The minimum atomic E-state index is -3.36. The lowest BCUT2D eigenvalue weighted by Gasteiger charge is -2.35. The number of hydrogen-bond donors (Lipinski definition) is 0.